The van der Waals surface area contributed by atoms with Crippen LogP contribution in [0.5, 0.6) is 5.75 Å². The van der Waals surface area contributed by atoms with Crippen LogP contribution in [-0.4, -0.2) is 42.8 Å². The molecule has 1 atom stereocenters. The maximum absolute atomic E-state index is 13.3. The minimum absolute atomic E-state index is 0.0141. The fourth-order valence-corrected chi connectivity index (χ4v) is 3.58. The number of ether oxygens (including phenoxy) is 2. The first-order chi connectivity index (χ1) is 14.1. The molecule has 3 heterocycles. The van der Waals surface area contributed by atoms with Crippen molar-refractivity contribution in [3.8, 4) is 5.75 Å². The largest absolute Gasteiger partial charge is 0.488 e. The van der Waals surface area contributed by atoms with Crippen molar-refractivity contribution in [1.82, 2.24) is 10.3 Å². The zero-order chi connectivity index (χ0) is 20.2. The predicted molar refractivity (Wildman–Crippen MR) is 108 cm³/mol. The van der Waals surface area contributed by atoms with Gasteiger partial charge in [0, 0.05) is 37.5 Å². The molecule has 0 radical (unpaired) electrons. The number of ketones is 1. The Morgan fingerprint density at radius 1 is 1.34 bits per heavy atom. The lowest BCUT2D eigenvalue weighted by atomic mass is 10.00. The minimum Gasteiger partial charge on any atom is -0.488 e. The van der Waals surface area contributed by atoms with Gasteiger partial charge in [-0.2, -0.15) is 0 Å². The molecule has 2 aliphatic rings. The Hall–Kier alpha value is -2.35. The smallest absolute Gasteiger partial charge is 0.170 e. The summed E-state index contributed by atoms with van der Waals surface area (Å²) in [5, 5.41) is 3.37. The van der Waals surface area contributed by atoms with Crippen LogP contribution in [0.4, 0.5) is 10.1 Å². The van der Waals surface area contributed by atoms with Crippen molar-refractivity contribution >= 4 is 28.8 Å². The van der Waals surface area contributed by atoms with E-state index in [9.17, 15) is 9.18 Å². The molecule has 6 nitrogen and oxygen atoms in total. The number of nitrogens with zero attached hydrogens (tertiary/aromatic N) is 2. The molecule has 1 aromatic heterocycles. The Kier molecular flexibility index (Phi) is 6.18. The third kappa shape index (κ3) is 4.80. The first kappa shape index (κ1) is 19.9. The third-order valence-electron chi connectivity index (χ3n) is 4.98. The Morgan fingerprint density at radius 3 is 3.03 bits per heavy atom. The lowest BCUT2D eigenvalue weighted by molar-refractivity contribution is 0.0998. The molecule has 0 spiro atoms. The average Bonchev–Trinajstić information content (AvgIpc) is 3.23. The molecule has 0 aliphatic carbocycles. The summed E-state index contributed by atoms with van der Waals surface area (Å²) in [6.45, 7) is 3.07. The van der Waals surface area contributed by atoms with E-state index in [2.05, 4.69) is 15.3 Å². The number of aliphatic imine (C=N–C) groups is 1. The van der Waals surface area contributed by atoms with Gasteiger partial charge in [0.1, 0.15) is 18.2 Å². The van der Waals surface area contributed by atoms with Crippen LogP contribution >= 0.6 is 11.6 Å². The summed E-state index contributed by atoms with van der Waals surface area (Å²) in [5.41, 5.74) is 2.50. The van der Waals surface area contributed by atoms with Gasteiger partial charge in [0.15, 0.2) is 5.78 Å². The molecule has 1 fully saturated rings. The second kappa shape index (κ2) is 8.98. The molecule has 8 heteroatoms. The molecule has 152 valence electrons. The number of fused-ring (bicyclic) bond motifs is 1. The molecule has 1 aromatic carbocycles. The molecular formula is C21H21ClFN3O3. The summed E-state index contributed by atoms with van der Waals surface area (Å²) >= 11 is 5.78. The van der Waals surface area contributed by atoms with Crippen LogP contribution in [0.15, 0.2) is 35.5 Å². The lowest BCUT2D eigenvalue weighted by Gasteiger charge is -2.18. The highest BCUT2D eigenvalue weighted by Gasteiger charge is 2.23. The summed E-state index contributed by atoms with van der Waals surface area (Å²) < 4.78 is 24.3. The van der Waals surface area contributed by atoms with Crippen molar-refractivity contribution in [2.24, 2.45) is 10.9 Å². The minimum atomic E-state index is -0.509. The highest BCUT2D eigenvalue weighted by Crippen LogP contribution is 2.29. The molecule has 4 rings (SSSR count). The summed E-state index contributed by atoms with van der Waals surface area (Å²) in [7, 11) is 0. The Morgan fingerprint density at radius 2 is 2.24 bits per heavy atom. The van der Waals surface area contributed by atoms with E-state index in [-0.39, 0.29) is 23.8 Å². The maximum Gasteiger partial charge on any atom is 0.170 e. The van der Waals surface area contributed by atoms with E-state index >= 15 is 0 Å². The number of Topliss-reactive ketones (excluding diaryl/α,β-unsaturated/α-hetero) is 1. The lowest BCUT2D eigenvalue weighted by Crippen LogP contribution is -2.24. The molecule has 1 N–H and O–H groups in total. The van der Waals surface area contributed by atoms with Gasteiger partial charge < -0.3 is 14.8 Å². The number of pyridine rings is 1. The van der Waals surface area contributed by atoms with Crippen molar-refractivity contribution in [2.45, 2.75) is 19.4 Å². The van der Waals surface area contributed by atoms with Crippen LogP contribution in [0, 0.1) is 11.7 Å². The molecule has 0 saturated carbocycles. The molecule has 1 unspecified atom stereocenters. The number of hydrogen-bond donors (Lipinski definition) is 1. The fourth-order valence-electron chi connectivity index (χ4n) is 3.41. The number of carbonyl (C=O) groups excluding carboxylic acids is 1. The van der Waals surface area contributed by atoms with Crippen molar-refractivity contribution < 1.29 is 18.7 Å². The summed E-state index contributed by atoms with van der Waals surface area (Å²) in [6.07, 6.45) is 2.88. The Bertz CT molecular complexity index is 945. The second-order valence-electron chi connectivity index (χ2n) is 7.16. The number of halogens is 2. The first-order valence-corrected chi connectivity index (χ1v) is 9.92. The standard InChI is InChI=1S/C21H21ClFN3O3/c22-17-8-15(1-2-18(17)23)29-12-14-7-20(27)16-3-5-25-19(21(16)26-14)10-24-9-13-4-6-28-11-13/h1-3,5,8,13,24H,4,6-7,9-12H2. The highest BCUT2D eigenvalue weighted by molar-refractivity contribution is 6.30. The van der Waals surface area contributed by atoms with E-state index < -0.39 is 5.82 Å². The van der Waals surface area contributed by atoms with Crippen LogP contribution in [0.3, 0.4) is 0 Å². The van der Waals surface area contributed by atoms with Crippen molar-refractivity contribution in [3.63, 3.8) is 0 Å². The number of nitrogens with one attached hydrogen (secondary N) is 1. The Balaban J connectivity index is 1.45. The van der Waals surface area contributed by atoms with E-state index in [1.165, 1.54) is 18.2 Å². The van der Waals surface area contributed by atoms with Gasteiger partial charge in [-0.05, 0) is 30.5 Å². The maximum atomic E-state index is 13.3. The van der Waals surface area contributed by atoms with E-state index in [1.54, 1.807) is 12.3 Å². The summed E-state index contributed by atoms with van der Waals surface area (Å²) in [5.74, 6) is 0.402. The van der Waals surface area contributed by atoms with Gasteiger partial charge in [0.2, 0.25) is 0 Å². The van der Waals surface area contributed by atoms with Gasteiger partial charge >= 0.3 is 0 Å². The first-order valence-electron chi connectivity index (χ1n) is 9.54. The van der Waals surface area contributed by atoms with Crippen LogP contribution in [0.1, 0.15) is 28.9 Å². The number of aromatic nitrogens is 1. The van der Waals surface area contributed by atoms with Crippen LogP contribution < -0.4 is 10.1 Å². The SMILES string of the molecule is O=C1CC(COc2ccc(F)c(Cl)c2)=Nc2c1ccnc2CNCC1CCOC1. The molecule has 0 bridgehead atoms. The number of hydrogen-bond acceptors (Lipinski definition) is 6. The third-order valence-corrected chi connectivity index (χ3v) is 5.27. The monoisotopic (exact) mass is 417 g/mol. The number of benzene rings is 1. The molecular weight excluding hydrogens is 397 g/mol. The predicted octanol–water partition coefficient (Wildman–Crippen LogP) is 3.74. The van der Waals surface area contributed by atoms with Gasteiger partial charge in [-0.3, -0.25) is 14.8 Å². The van der Waals surface area contributed by atoms with E-state index in [0.717, 1.165) is 31.9 Å². The number of carbonyl (C=O) groups is 1. The molecule has 1 saturated heterocycles. The topological polar surface area (TPSA) is 72.8 Å². The van der Waals surface area contributed by atoms with Gasteiger partial charge in [0.25, 0.3) is 0 Å². The van der Waals surface area contributed by atoms with Gasteiger partial charge in [-0.15, -0.1) is 0 Å². The molecule has 2 aromatic rings. The molecule has 29 heavy (non-hydrogen) atoms. The fraction of sp³-hybridized carbons (Fsp3) is 0.381. The zero-order valence-corrected chi connectivity index (χ0v) is 16.5. The summed E-state index contributed by atoms with van der Waals surface area (Å²) in [4.78, 5) is 21.6. The highest BCUT2D eigenvalue weighted by atomic mass is 35.5. The summed E-state index contributed by atoms with van der Waals surface area (Å²) in [6, 6.07) is 5.83. The van der Waals surface area contributed by atoms with Crippen LogP contribution in [-0.2, 0) is 11.3 Å². The van der Waals surface area contributed by atoms with Crippen LogP contribution in [0.2, 0.25) is 5.02 Å². The Labute approximate surface area is 173 Å². The van der Waals surface area contributed by atoms with E-state index in [0.29, 0.717) is 35.2 Å². The second-order valence-corrected chi connectivity index (χ2v) is 7.56. The molecule has 2 aliphatic heterocycles. The van der Waals surface area contributed by atoms with Crippen molar-refractivity contribution in [2.75, 3.05) is 26.4 Å². The van der Waals surface area contributed by atoms with E-state index in [4.69, 9.17) is 21.1 Å². The van der Waals surface area contributed by atoms with E-state index in [1.807, 2.05) is 0 Å². The zero-order valence-electron chi connectivity index (χ0n) is 15.8. The quantitative estimate of drug-likeness (QED) is 0.743. The van der Waals surface area contributed by atoms with Gasteiger partial charge in [-0.25, -0.2) is 4.39 Å². The molecule has 0 amide bonds. The average molecular weight is 418 g/mol. The van der Waals surface area contributed by atoms with Crippen molar-refractivity contribution in [1.29, 1.82) is 0 Å². The van der Waals surface area contributed by atoms with Crippen molar-refractivity contribution in [3.05, 3.63) is 52.6 Å². The number of rotatable bonds is 7. The van der Waals surface area contributed by atoms with Gasteiger partial charge in [-0.1, -0.05) is 11.6 Å². The normalized spacial score (nSPS) is 18.5. The van der Waals surface area contributed by atoms with Crippen LogP contribution in [0.25, 0.3) is 0 Å². The van der Waals surface area contributed by atoms with Gasteiger partial charge in [0.05, 0.1) is 35.1 Å².